The van der Waals surface area contributed by atoms with E-state index in [1.54, 1.807) is 0 Å². The van der Waals surface area contributed by atoms with Crippen molar-refractivity contribution in [3.8, 4) is 0 Å². The first kappa shape index (κ1) is 27.9. The molecule has 3 rings (SSSR count). The van der Waals surface area contributed by atoms with Crippen LogP contribution in [0.2, 0.25) is 5.04 Å². The van der Waals surface area contributed by atoms with Gasteiger partial charge in [0.1, 0.15) is 5.60 Å². The molecule has 0 spiro atoms. The molecule has 0 aliphatic heterocycles. The van der Waals surface area contributed by atoms with Crippen LogP contribution in [0.4, 0.5) is 4.79 Å². The Morgan fingerprint density at radius 1 is 0.861 bits per heavy atom. The van der Waals surface area contributed by atoms with Crippen molar-refractivity contribution in [1.82, 2.24) is 5.32 Å². The lowest BCUT2D eigenvalue weighted by atomic mass is 9.82. The van der Waals surface area contributed by atoms with E-state index < -0.39 is 32.0 Å². The first-order valence-corrected chi connectivity index (χ1v) is 14.7. The third-order valence-electron chi connectivity index (χ3n) is 6.77. The Morgan fingerprint density at radius 3 is 1.83 bits per heavy atom. The maximum Gasteiger partial charge on any atom is 0.407 e. The van der Waals surface area contributed by atoms with Crippen molar-refractivity contribution in [1.29, 1.82) is 0 Å². The van der Waals surface area contributed by atoms with Crippen molar-refractivity contribution in [3.05, 3.63) is 60.7 Å². The SMILES string of the molecule is COC(=O)[C@H]1CCC[C@H](O[Si](c2ccccc2)(c2ccccc2)C(C)(C)C)[C@@H]1NC(=O)OC(C)(C)C. The van der Waals surface area contributed by atoms with E-state index in [-0.39, 0.29) is 17.1 Å². The van der Waals surface area contributed by atoms with Crippen LogP contribution in [0.5, 0.6) is 0 Å². The van der Waals surface area contributed by atoms with Crippen molar-refractivity contribution in [2.45, 2.75) is 83.6 Å². The highest BCUT2D eigenvalue weighted by atomic mass is 28.4. The fourth-order valence-electron chi connectivity index (χ4n) is 5.26. The first-order valence-electron chi connectivity index (χ1n) is 12.8. The molecule has 36 heavy (non-hydrogen) atoms. The fourth-order valence-corrected chi connectivity index (χ4v) is 9.99. The Hall–Kier alpha value is -2.64. The van der Waals surface area contributed by atoms with Gasteiger partial charge in [-0.15, -0.1) is 0 Å². The molecular formula is C29H41NO5Si. The molecule has 1 aliphatic rings. The largest absolute Gasteiger partial charge is 0.469 e. The van der Waals surface area contributed by atoms with Crippen LogP contribution < -0.4 is 15.7 Å². The number of esters is 1. The number of ether oxygens (including phenoxy) is 2. The second-order valence-corrected chi connectivity index (χ2v) is 15.8. The van der Waals surface area contributed by atoms with Gasteiger partial charge in [0.05, 0.1) is 25.2 Å². The summed E-state index contributed by atoms with van der Waals surface area (Å²) in [6, 6.07) is 20.2. The summed E-state index contributed by atoms with van der Waals surface area (Å²) in [6.45, 7) is 12.1. The summed E-state index contributed by atoms with van der Waals surface area (Å²) in [4.78, 5) is 25.7. The van der Waals surface area contributed by atoms with E-state index in [1.807, 2.05) is 57.2 Å². The number of carbonyl (C=O) groups is 2. The number of carbonyl (C=O) groups excluding carboxylic acids is 2. The third-order valence-corrected chi connectivity index (χ3v) is 11.8. The second kappa shape index (κ2) is 11.2. The Balaban J connectivity index is 2.11. The minimum absolute atomic E-state index is 0.232. The molecule has 2 aromatic carbocycles. The number of methoxy groups -OCH3 is 1. The molecule has 1 amide bonds. The maximum absolute atomic E-state index is 12.9. The van der Waals surface area contributed by atoms with E-state index in [1.165, 1.54) is 7.11 Å². The van der Waals surface area contributed by atoms with Crippen LogP contribution in [-0.2, 0) is 18.7 Å². The van der Waals surface area contributed by atoms with E-state index in [0.717, 1.165) is 23.2 Å². The number of rotatable bonds is 6. The molecule has 0 bridgehead atoms. The number of hydrogen-bond donors (Lipinski definition) is 1. The predicted molar refractivity (Wildman–Crippen MR) is 145 cm³/mol. The summed E-state index contributed by atoms with van der Waals surface area (Å²) < 4.78 is 18.1. The van der Waals surface area contributed by atoms with Crippen LogP contribution in [0.1, 0.15) is 60.8 Å². The molecule has 1 fully saturated rings. The van der Waals surface area contributed by atoms with Gasteiger partial charge in [-0.05, 0) is 55.4 Å². The molecule has 0 radical (unpaired) electrons. The number of benzene rings is 2. The van der Waals surface area contributed by atoms with Gasteiger partial charge in [-0.3, -0.25) is 4.79 Å². The smallest absolute Gasteiger partial charge is 0.407 e. The van der Waals surface area contributed by atoms with Gasteiger partial charge < -0.3 is 19.2 Å². The highest BCUT2D eigenvalue weighted by molar-refractivity contribution is 6.99. The minimum atomic E-state index is -2.90. The second-order valence-electron chi connectivity index (χ2n) is 11.6. The van der Waals surface area contributed by atoms with Crippen molar-refractivity contribution in [2.75, 3.05) is 7.11 Å². The fraction of sp³-hybridized carbons (Fsp3) is 0.517. The summed E-state index contributed by atoms with van der Waals surface area (Å²) >= 11 is 0. The summed E-state index contributed by atoms with van der Waals surface area (Å²) in [6.07, 6.45) is 1.20. The zero-order valence-corrected chi connectivity index (χ0v) is 23.7. The van der Waals surface area contributed by atoms with Gasteiger partial charge in [0.15, 0.2) is 0 Å². The Labute approximate surface area is 216 Å². The van der Waals surface area contributed by atoms with Gasteiger partial charge in [-0.25, -0.2) is 4.79 Å². The van der Waals surface area contributed by atoms with Crippen LogP contribution in [0.15, 0.2) is 60.7 Å². The molecule has 3 atom stereocenters. The highest BCUT2D eigenvalue weighted by Gasteiger charge is 2.53. The maximum atomic E-state index is 12.9. The molecule has 2 aromatic rings. The number of nitrogens with one attached hydrogen (secondary N) is 1. The molecular weight excluding hydrogens is 470 g/mol. The van der Waals surface area contributed by atoms with Crippen molar-refractivity contribution in [3.63, 3.8) is 0 Å². The van der Waals surface area contributed by atoms with E-state index in [9.17, 15) is 9.59 Å². The summed E-state index contributed by atoms with van der Waals surface area (Å²) in [5.74, 6) is -0.855. The third kappa shape index (κ3) is 6.18. The average Bonchev–Trinajstić information content (AvgIpc) is 2.82. The molecule has 6 nitrogen and oxygen atoms in total. The van der Waals surface area contributed by atoms with Crippen LogP contribution in [0.25, 0.3) is 0 Å². The van der Waals surface area contributed by atoms with Gasteiger partial charge in [0.2, 0.25) is 0 Å². The first-order chi connectivity index (χ1) is 16.9. The molecule has 1 N–H and O–H groups in total. The predicted octanol–water partition coefficient (Wildman–Crippen LogP) is 4.80. The minimum Gasteiger partial charge on any atom is -0.469 e. The van der Waals surface area contributed by atoms with Crippen LogP contribution >= 0.6 is 0 Å². The summed E-state index contributed by atoms with van der Waals surface area (Å²) in [7, 11) is -1.51. The standard InChI is InChI=1S/C29H41NO5Si/c1-28(2,3)34-27(32)30-25-23(26(31)33-7)19-14-20-24(25)35-36(29(4,5)6,21-15-10-8-11-16-21)22-17-12-9-13-18-22/h8-13,15-18,23-25H,14,19-20H2,1-7H3,(H,30,32)/t23-,24-,25+/m0/s1. The molecule has 0 saturated heterocycles. The molecule has 0 heterocycles. The molecule has 1 saturated carbocycles. The molecule has 196 valence electrons. The molecule has 0 aromatic heterocycles. The topological polar surface area (TPSA) is 73.9 Å². The van der Waals surface area contributed by atoms with Crippen LogP contribution in [0, 0.1) is 5.92 Å². The monoisotopic (exact) mass is 511 g/mol. The zero-order chi connectivity index (χ0) is 26.6. The lowest BCUT2D eigenvalue weighted by molar-refractivity contribution is -0.149. The van der Waals surface area contributed by atoms with Gasteiger partial charge in [-0.2, -0.15) is 0 Å². The van der Waals surface area contributed by atoms with Crippen molar-refractivity contribution < 1.29 is 23.5 Å². The van der Waals surface area contributed by atoms with Gasteiger partial charge in [-0.1, -0.05) is 81.4 Å². The molecule has 7 heteroatoms. The van der Waals surface area contributed by atoms with Gasteiger partial charge in [0, 0.05) is 0 Å². The van der Waals surface area contributed by atoms with Gasteiger partial charge >= 0.3 is 12.1 Å². The number of alkyl carbamates (subject to hydrolysis) is 1. The lowest BCUT2D eigenvalue weighted by Crippen LogP contribution is -2.70. The van der Waals surface area contributed by atoms with E-state index >= 15 is 0 Å². The van der Waals surface area contributed by atoms with E-state index in [4.69, 9.17) is 13.9 Å². The van der Waals surface area contributed by atoms with E-state index in [0.29, 0.717) is 6.42 Å². The highest BCUT2D eigenvalue weighted by Crippen LogP contribution is 2.40. The average molecular weight is 512 g/mol. The Kier molecular flexibility index (Phi) is 8.67. The zero-order valence-electron chi connectivity index (χ0n) is 22.7. The van der Waals surface area contributed by atoms with Gasteiger partial charge in [0.25, 0.3) is 8.32 Å². The number of hydrogen-bond acceptors (Lipinski definition) is 5. The van der Waals surface area contributed by atoms with E-state index in [2.05, 4.69) is 50.4 Å². The summed E-state index contributed by atoms with van der Waals surface area (Å²) in [5.41, 5.74) is -0.659. The Morgan fingerprint density at radius 2 is 1.39 bits per heavy atom. The Bertz CT molecular complexity index is 974. The van der Waals surface area contributed by atoms with Crippen LogP contribution in [0.3, 0.4) is 0 Å². The van der Waals surface area contributed by atoms with Crippen molar-refractivity contribution >= 4 is 30.8 Å². The molecule has 1 aliphatic carbocycles. The van der Waals surface area contributed by atoms with Crippen LogP contribution in [-0.4, -0.2) is 45.2 Å². The summed E-state index contributed by atoms with van der Waals surface area (Å²) in [5, 5.41) is 5.08. The van der Waals surface area contributed by atoms with Crippen molar-refractivity contribution in [2.24, 2.45) is 5.92 Å². The molecule has 0 unspecified atom stereocenters. The normalized spacial score (nSPS) is 20.9. The quantitative estimate of drug-likeness (QED) is 0.446. The lowest BCUT2D eigenvalue weighted by Gasteiger charge is -2.48. The number of amides is 1.